The Morgan fingerprint density at radius 3 is 2.56 bits per heavy atom. The molecule has 1 aliphatic heterocycles. The summed E-state index contributed by atoms with van der Waals surface area (Å²) in [5, 5.41) is 2.87. The monoisotopic (exact) mass is 388 g/mol. The first kappa shape index (κ1) is 19.4. The third-order valence-corrected chi connectivity index (χ3v) is 6.70. The van der Waals surface area contributed by atoms with Crippen LogP contribution in [-0.2, 0) is 16.4 Å². The number of aromatic nitrogens is 2. The Hall–Kier alpha value is -2.32. The first-order chi connectivity index (χ1) is 13.0. The Kier molecular flexibility index (Phi) is 6.52. The molecule has 0 unspecified atom stereocenters. The van der Waals surface area contributed by atoms with Gasteiger partial charge in [-0.3, -0.25) is 4.79 Å². The molecule has 0 spiro atoms. The fraction of sp³-hybridized carbons (Fsp3) is 0.421. The van der Waals surface area contributed by atoms with E-state index in [0.717, 1.165) is 18.4 Å². The van der Waals surface area contributed by atoms with E-state index in [9.17, 15) is 13.2 Å². The first-order valence-corrected chi connectivity index (χ1v) is 10.7. The van der Waals surface area contributed by atoms with Gasteiger partial charge in [-0.15, -0.1) is 0 Å². The van der Waals surface area contributed by atoms with E-state index in [2.05, 4.69) is 15.3 Å². The van der Waals surface area contributed by atoms with Crippen molar-refractivity contribution in [2.24, 2.45) is 5.92 Å². The number of hydrogen-bond acceptors (Lipinski definition) is 5. The standard InChI is InChI=1S/C19H24N4O3S/c24-19(18-6-10-20-15-22-18)21-14-17-7-11-23(12-8-17)27(25,26)13-9-16-4-2-1-3-5-16/h1-6,10,15,17H,7-9,11-14H2,(H,21,24). The molecule has 1 fully saturated rings. The minimum atomic E-state index is -3.25. The molecule has 0 atom stereocenters. The molecule has 8 heteroatoms. The number of nitrogens with zero attached hydrogens (tertiary/aromatic N) is 3. The summed E-state index contributed by atoms with van der Waals surface area (Å²) >= 11 is 0. The molecule has 1 aromatic carbocycles. The van der Waals surface area contributed by atoms with Crippen molar-refractivity contribution in [2.75, 3.05) is 25.4 Å². The molecule has 144 valence electrons. The average Bonchev–Trinajstić information content (AvgIpc) is 2.72. The second-order valence-electron chi connectivity index (χ2n) is 6.70. The maximum Gasteiger partial charge on any atom is 0.270 e. The normalized spacial score (nSPS) is 16.1. The fourth-order valence-electron chi connectivity index (χ4n) is 3.16. The van der Waals surface area contributed by atoms with Crippen LogP contribution in [-0.4, -0.2) is 54.0 Å². The van der Waals surface area contributed by atoms with E-state index in [1.807, 2.05) is 30.3 Å². The summed E-state index contributed by atoms with van der Waals surface area (Å²) < 4.78 is 26.7. The highest BCUT2D eigenvalue weighted by Gasteiger charge is 2.28. The van der Waals surface area contributed by atoms with Crippen LogP contribution in [0.5, 0.6) is 0 Å². The van der Waals surface area contributed by atoms with Crippen LogP contribution < -0.4 is 5.32 Å². The van der Waals surface area contributed by atoms with Gasteiger partial charge >= 0.3 is 0 Å². The Morgan fingerprint density at radius 1 is 1.15 bits per heavy atom. The molecule has 1 amide bonds. The lowest BCUT2D eigenvalue weighted by molar-refractivity contribution is 0.0936. The minimum Gasteiger partial charge on any atom is -0.350 e. The summed E-state index contributed by atoms with van der Waals surface area (Å²) in [5.41, 5.74) is 1.37. The number of aryl methyl sites for hydroxylation is 1. The van der Waals surface area contributed by atoms with Gasteiger partial charge in [0.2, 0.25) is 10.0 Å². The summed E-state index contributed by atoms with van der Waals surface area (Å²) in [6.07, 6.45) is 4.88. The zero-order valence-corrected chi connectivity index (χ0v) is 15.9. The molecule has 1 N–H and O–H groups in total. The largest absolute Gasteiger partial charge is 0.350 e. The number of sulfonamides is 1. The van der Waals surface area contributed by atoms with Crippen LogP contribution in [0.3, 0.4) is 0 Å². The van der Waals surface area contributed by atoms with Crippen LogP contribution in [0.4, 0.5) is 0 Å². The van der Waals surface area contributed by atoms with E-state index in [1.54, 1.807) is 10.4 Å². The van der Waals surface area contributed by atoms with Gasteiger partial charge in [0.05, 0.1) is 5.75 Å². The molecule has 7 nitrogen and oxygen atoms in total. The van der Waals surface area contributed by atoms with Gasteiger partial charge < -0.3 is 5.32 Å². The molecular weight excluding hydrogens is 364 g/mol. The molecule has 2 heterocycles. The van der Waals surface area contributed by atoms with Crippen molar-refractivity contribution in [1.82, 2.24) is 19.6 Å². The molecular formula is C19H24N4O3S. The lowest BCUT2D eigenvalue weighted by Gasteiger charge is -2.31. The van der Waals surface area contributed by atoms with E-state index < -0.39 is 10.0 Å². The molecule has 0 saturated carbocycles. The van der Waals surface area contributed by atoms with Gasteiger partial charge in [0.15, 0.2) is 0 Å². The van der Waals surface area contributed by atoms with Gasteiger partial charge in [0, 0.05) is 25.8 Å². The number of carbonyl (C=O) groups is 1. The number of carbonyl (C=O) groups excluding carboxylic acids is 1. The molecule has 1 aliphatic rings. The van der Waals surface area contributed by atoms with Crippen LogP contribution in [0.2, 0.25) is 0 Å². The number of benzene rings is 1. The Labute approximate surface area is 159 Å². The van der Waals surface area contributed by atoms with Gasteiger partial charge in [-0.25, -0.2) is 22.7 Å². The lowest BCUT2D eigenvalue weighted by atomic mass is 9.98. The van der Waals surface area contributed by atoms with Crippen molar-refractivity contribution in [1.29, 1.82) is 0 Å². The second-order valence-corrected chi connectivity index (χ2v) is 8.79. The highest BCUT2D eigenvalue weighted by Crippen LogP contribution is 2.20. The Balaban J connectivity index is 1.43. The maximum absolute atomic E-state index is 12.6. The minimum absolute atomic E-state index is 0.131. The van der Waals surface area contributed by atoms with Gasteiger partial charge in [0.1, 0.15) is 12.0 Å². The Morgan fingerprint density at radius 2 is 1.89 bits per heavy atom. The molecule has 0 radical (unpaired) electrons. The number of nitrogens with one attached hydrogen (secondary N) is 1. The Bertz CT molecular complexity index is 836. The van der Waals surface area contributed by atoms with E-state index in [-0.39, 0.29) is 17.6 Å². The predicted octanol–water partition coefficient (Wildman–Crippen LogP) is 1.49. The van der Waals surface area contributed by atoms with Gasteiger partial charge in [-0.2, -0.15) is 0 Å². The number of rotatable bonds is 7. The van der Waals surface area contributed by atoms with Gasteiger partial charge in [-0.1, -0.05) is 30.3 Å². The number of amides is 1. The van der Waals surface area contributed by atoms with Crippen LogP contribution in [0.25, 0.3) is 0 Å². The first-order valence-electron chi connectivity index (χ1n) is 9.10. The second kappa shape index (κ2) is 9.05. The molecule has 0 aliphatic carbocycles. The number of hydrogen-bond donors (Lipinski definition) is 1. The predicted molar refractivity (Wildman–Crippen MR) is 103 cm³/mol. The zero-order valence-electron chi connectivity index (χ0n) is 15.1. The molecule has 2 aromatic rings. The van der Waals surface area contributed by atoms with Crippen LogP contribution in [0, 0.1) is 5.92 Å². The van der Waals surface area contributed by atoms with Crippen molar-refractivity contribution in [3.8, 4) is 0 Å². The smallest absolute Gasteiger partial charge is 0.270 e. The highest BCUT2D eigenvalue weighted by atomic mass is 32.2. The summed E-state index contributed by atoms with van der Waals surface area (Å²) in [5.74, 6) is 0.179. The van der Waals surface area contributed by atoms with E-state index in [0.29, 0.717) is 31.7 Å². The van der Waals surface area contributed by atoms with Crippen molar-refractivity contribution < 1.29 is 13.2 Å². The third kappa shape index (κ3) is 5.58. The van der Waals surface area contributed by atoms with Crippen molar-refractivity contribution in [3.05, 3.63) is 60.2 Å². The highest BCUT2D eigenvalue weighted by molar-refractivity contribution is 7.89. The van der Waals surface area contributed by atoms with Crippen molar-refractivity contribution in [2.45, 2.75) is 19.3 Å². The van der Waals surface area contributed by atoms with Crippen LogP contribution in [0.15, 0.2) is 48.9 Å². The molecule has 1 saturated heterocycles. The summed E-state index contributed by atoms with van der Waals surface area (Å²) in [6.45, 7) is 1.54. The van der Waals surface area contributed by atoms with Crippen molar-refractivity contribution in [3.63, 3.8) is 0 Å². The van der Waals surface area contributed by atoms with E-state index >= 15 is 0 Å². The summed E-state index contributed by atoms with van der Waals surface area (Å²) in [7, 11) is -3.25. The van der Waals surface area contributed by atoms with E-state index in [1.165, 1.54) is 12.5 Å². The van der Waals surface area contributed by atoms with Crippen LogP contribution >= 0.6 is 0 Å². The van der Waals surface area contributed by atoms with Gasteiger partial charge in [-0.05, 0) is 36.8 Å². The van der Waals surface area contributed by atoms with E-state index in [4.69, 9.17) is 0 Å². The van der Waals surface area contributed by atoms with Gasteiger partial charge in [0.25, 0.3) is 5.91 Å². The maximum atomic E-state index is 12.6. The SMILES string of the molecule is O=C(NCC1CCN(S(=O)(=O)CCc2ccccc2)CC1)c1ccncn1. The zero-order chi connectivity index (χ0) is 19.1. The summed E-state index contributed by atoms with van der Waals surface area (Å²) in [6, 6.07) is 11.2. The quantitative estimate of drug-likeness (QED) is 0.776. The van der Waals surface area contributed by atoms with Crippen LogP contribution in [0.1, 0.15) is 28.9 Å². The number of piperidine rings is 1. The topological polar surface area (TPSA) is 92.3 Å². The average molecular weight is 388 g/mol. The fourth-order valence-corrected chi connectivity index (χ4v) is 4.68. The molecule has 27 heavy (non-hydrogen) atoms. The molecule has 3 rings (SSSR count). The molecule has 1 aromatic heterocycles. The molecule has 0 bridgehead atoms. The van der Waals surface area contributed by atoms with Crippen molar-refractivity contribution >= 4 is 15.9 Å². The lowest BCUT2D eigenvalue weighted by Crippen LogP contribution is -2.42. The third-order valence-electron chi connectivity index (χ3n) is 4.82. The summed E-state index contributed by atoms with van der Waals surface area (Å²) in [4.78, 5) is 19.7.